The minimum atomic E-state index is -3.52. The number of carbonyl (C=O) groups is 2. The quantitative estimate of drug-likeness (QED) is 0.577. The molecular weight excluding hydrogens is 396 g/mol. The van der Waals surface area contributed by atoms with Crippen LogP contribution in [0.1, 0.15) is 29.3 Å². The third-order valence-corrected chi connectivity index (χ3v) is 6.10. The molecule has 0 aromatic heterocycles. The Morgan fingerprint density at radius 2 is 1.71 bits per heavy atom. The molecule has 0 bridgehead atoms. The summed E-state index contributed by atoms with van der Waals surface area (Å²) in [6.45, 7) is 1.52. The molecule has 0 spiro atoms. The summed E-state index contributed by atoms with van der Waals surface area (Å²) in [4.78, 5) is 25.2. The molecule has 0 aliphatic heterocycles. The standard InChI is InChI=1S/C20H24N2O4S2/c1-3-28(25,26)22-18(12-13-27-2)20(24)21-17-11-7-10-16(14-17)19(23)15-8-5-4-6-9-15/h4-11,14,18,22H,3,12-13H2,1-2H3,(H,21,24). The van der Waals surface area contributed by atoms with E-state index in [0.29, 0.717) is 29.0 Å². The lowest BCUT2D eigenvalue weighted by molar-refractivity contribution is -0.117. The molecule has 2 rings (SSSR count). The zero-order chi connectivity index (χ0) is 20.6. The number of anilines is 1. The molecular formula is C20H24N2O4S2. The lowest BCUT2D eigenvalue weighted by Gasteiger charge is -2.18. The first kappa shape index (κ1) is 22.1. The van der Waals surface area contributed by atoms with Crippen molar-refractivity contribution in [1.29, 1.82) is 0 Å². The van der Waals surface area contributed by atoms with Gasteiger partial charge in [-0.05, 0) is 37.5 Å². The minimum Gasteiger partial charge on any atom is -0.325 e. The van der Waals surface area contributed by atoms with Crippen molar-refractivity contribution < 1.29 is 18.0 Å². The molecule has 6 nitrogen and oxygen atoms in total. The number of sulfonamides is 1. The molecule has 8 heteroatoms. The van der Waals surface area contributed by atoms with E-state index in [0.717, 1.165) is 0 Å². The maximum atomic E-state index is 12.6. The van der Waals surface area contributed by atoms with Crippen molar-refractivity contribution in [2.75, 3.05) is 23.1 Å². The zero-order valence-corrected chi connectivity index (χ0v) is 17.5. The van der Waals surface area contributed by atoms with Crippen LogP contribution < -0.4 is 10.0 Å². The number of amides is 1. The van der Waals surface area contributed by atoms with Crippen molar-refractivity contribution in [3.05, 3.63) is 65.7 Å². The molecule has 28 heavy (non-hydrogen) atoms. The number of thioether (sulfide) groups is 1. The largest absolute Gasteiger partial charge is 0.325 e. The second-order valence-electron chi connectivity index (χ2n) is 6.12. The van der Waals surface area contributed by atoms with Crippen LogP contribution >= 0.6 is 11.8 Å². The van der Waals surface area contributed by atoms with Gasteiger partial charge in [-0.2, -0.15) is 11.8 Å². The summed E-state index contributed by atoms with van der Waals surface area (Å²) < 4.78 is 26.2. The fourth-order valence-electron chi connectivity index (χ4n) is 2.50. The second kappa shape index (κ2) is 10.4. The highest BCUT2D eigenvalue weighted by atomic mass is 32.2. The maximum absolute atomic E-state index is 12.6. The van der Waals surface area contributed by atoms with Gasteiger partial charge in [0.2, 0.25) is 15.9 Å². The summed E-state index contributed by atoms with van der Waals surface area (Å²) in [6, 6.07) is 14.6. The Kier molecular flexibility index (Phi) is 8.22. The van der Waals surface area contributed by atoms with Gasteiger partial charge in [0.25, 0.3) is 0 Å². The Hall–Kier alpha value is -2.16. The predicted molar refractivity (Wildman–Crippen MR) is 114 cm³/mol. The van der Waals surface area contributed by atoms with Crippen molar-refractivity contribution in [3.63, 3.8) is 0 Å². The third kappa shape index (κ3) is 6.47. The van der Waals surface area contributed by atoms with E-state index in [-0.39, 0.29) is 11.5 Å². The van der Waals surface area contributed by atoms with E-state index in [1.165, 1.54) is 18.7 Å². The Bertz CT molecular complexity index is 915. The molecule has 1 unspecified atom stereocenters. The third-order valence-electron chi connectivity index (χ3n) is 4.06. The SMILES string of the molecule is CCS(=O)(=O)NC(CCSC)C(=O)Nc1cccc(C(=O)c2ccccc2)c1. The summed E-state index contributed by atoms with van der Waals surface area (Å²) in [5, 5.41) is 2.72. The van der Waals surface area contributed by atoms with Crippen LogP contribution in [0.5, 0.6) is 0 Å². The Morgan fingerprint density at radius 3 is 2.36 bits per heavy atom. The zero-order valence-electron chi connectivity index (χ0n) is 15.8. The summed E-state index contributed by atoms with van der Waals surface area (Å²) in [6.07, 6.45) is 2.26. The molecule has 2 N–H and O–H groups in total. The Labute approximate surface area is 170 Å². The highest BCUT2D eigenvalue weighted by Crippen LogP contribution is 2.16. The predicted octanol–water partition coefficient (Wildman–Crippen LogP) is 2.92. The van der Waals surface area contributed by atoms with E-state index in [1.54, 1.807) is 48.5 Å². The molecule has 0 radical (unpaired) electrons. The fraction of sp³-hybridized carbons (Fsp3) is 0.300. The Balaban J connectivity index is 2.16. The van der Waals surface area contributed by atoms with Gasteiger partial charge in [-0.1, -0.05) is 42.5 Å². The highest BCUT2D eigenvalue weighted by Gasteiger charge is 2.23. The van der Waals surface area contributed by atoms with E-state index in [2.05, 4.69) is 10.0 Å². The summed E-state index contributed by atoms with van der Waals surface area (Å²) in [7, 11) is -3.52. The van der Waals surface area contributed by atoms with Crippen molar-refractivity contribution in [2.24, 2.45) is 0 Å². The van der Waals surface area contributed by atoms with Crippen molar-refractivity contribution >= 4 is 39.2 Å². The summed E-state index contributed by atoms with van der Waals surface area (Å²) in [5.74, 6) is -0.0637. The van der Waals surface area contributed by atoms with Gasteiger partial charge in [0, 0.05) is 16.8 Å². The molecule has 0 fully saturated rings. The number of nitrogens with one attached hydrogen (secondary N) is 2. The molecule has 1 amide bonds. The minimum absolute atomic E-state index is 0.100. The van der Waals surface area contributed by atoms with Crippen LogP contribution in [0.4, 0.5) is 5.69 Å². The molecule has 0 saturated carbocycles. The van der Waals surface area contributed by atoms with E-state index >= 15 is 0 Å². The van der Waals surface area contributed by atoms with Gasteiger partial charge in [-0.25, -0.2) is 13.1 Å². The number of benzene rings is 2. The van der Waals surface area contributed by atoms with Gasteiger partial charge in [-0.15, -0.1) is 0 Å². The molecule has 1 atom stereocenters. The first-order valence-corrected chi connectivity index (χ1v) is 11.9. The maximum Gasteiger partial charge on any atom is 0.242 e. The average molecular weight is 421 g/mol. The lowest BCUT2D eigenvalue weighted by atomic mass is 10.0. The van der Waals surface area contributed by atoms with Crippen LogP contribution in [-0.4, -0.2) is 43.9 Å². The van der Waals surface area contributed by atoms with Crippen LogP contribution in [0.2, 0.25) is 0 Å². The van der Waals surface area contributed by atoms with Crippen LogP contribution in [0.25, 0.3) is 0 Å². The van der Waals surface area contributed by atoms with E-state index < -0.39 is 22.0 Å². The van der Waals surface area contributed by atoms with Crippen molar-refractivity contribution in [1.82, 2.24) is 4.72 Å². The van der Waals surface area contributed by atoms with Crippen LogP contribution in [0.3, 0.4) is 0 Å². The Morgan fingerprint density at radius 1 is 1.04 bits per heavy atom. The van der Waals surface area contributed by atoms with Gasteiger partial charge < -0.3 is 5.32 Å². The lowest BCUT2D eigenvalue weighted by Crippen LogP contribution is -2.44. The van der Waals surface area contributed by atoms with Crippen LogP contribution in [0.15, 0.2) is 54.6 Å². The van der Waals surface area contributed by atoms with E-state index in [1.807, 2.05) is 12.3 Å². The first-order valence-electron chi connectivity index (χ1n) is 8.86. The first-order chi connectivity index (χ1) is 13.4. The topological polar surface area (TPSA) is 92.3 Å². The van der Waals surface area contributed by atoms with Crippen molar-refractivity contribution in [3.8, 4) is 0 Å². The number of hydrogen-bond donors (Lipinski definition) is 2. The van der Waals surface area contributed by atoms with Crippen LogP contribution in [-0.2, 0) is 14.8 Å². The molecule has 150 valence electrons. The summed E-state index contributed by atoms with van der Waals surface area (Å²) >= 11 is 1.53. The molecule has 0 heterocycles. The van der Waals surface area contributed by atoms with Gasteiger partial charge in [0.15, 0.2) is 5.78 Å². The van der Waals surface area contributed by atoms with Gasteiger partial charge in [0.1, 0.15) is 6.04 Å². The number of carbonyl (C=O) groups excluding carboxylic acids is 2. The van der Waals surface area contributed by atoms with Gasteiger partial charge in [0.05, 0.1) is 5.75 Å². The summed E-state index contributed by atoms with van der Waals surface area (Å²) in [5.41, 5.74) is 1.44. The normalized spacial score (nSPS) is 12.4. The molecule has 0 aliphatic rings. The van der Waals surface area contributed by atoms with E-state index in [9.17, 15) is 18.0 Å². The molecule has 2 aromatic carbocycles. The molecule has 0 aliphatic carbocycles. The van der Waals surface area contributed by atoms with Crippen LogP contribution in [0, 0.1) is 0 Å². The van der Waals surface area contributed by atoms with Crippen molar-refractivity contribution in [2.45, 2.75) is 19.4 Å². The molecule has 2 aromatic rings. The highest BCUT2D eigenvalue weighted by molar-refractivity contribution is 7.98. The van der Waals surface area contributed by atoms with Gasteiger partial charge >= 0.3 is 0 Å². The van der Waals surface area contributed by atoms with Gasteiger partial charge in [-0.3, -0.25) is 9.59 Å². The second-order valence-corrected chi connectivity index (χ2v) is 9.15. The smallest absolute Gasteiger partial charge is 0.242 e. The average Bonchev–Trinajstić information content (AvgIpc) is 2.71. The van der Waals surface area contributed by atoms with E-state index in [4.69, 9.17) is 0 Å². The fourth-order valence-corrected chi connectivity index (χ4v) is 3.80. The number of rotatable bonds is 10. The monoisotopic (exact) mass is 420 g/mol. The number of hydrogen-bond acceptors (Lipinski definition) is 5. The molecule has 0 saturated heterocycles. The number of ketones is 1.